The number of hydrogen-bond acceptors (Lipinski definition) is 15. The standard InChI is InChI=1S/C83H162O17P2/c1-6-9-12-15-18-21-24-27-29-31-32-34-37-43-48-53-58-63-68-82(87)99-78(73-94-81(86)67-62-57-52-47-42-36-33-30-28-25-22-19-16-13-10-7-2)74-97-101(89,90)95-70-77(84)71-96-102(91,92)98-75-79(72-93-80(85)66-61-56-51-46-41-35-26-23-20-17-14-11-8-3)100-83(88)69-64-59-54-49-44-39-38-40-45-50-55-60-65-76(4)5/h76-79,84H,6-75H2,1-5H3,(H,89,90)(H,91,92)/t77-,78-,79-/m1/s1. The Morgan fingerprint density at radius 2 is 0.451 bits per heavy atom. The number of aliphatic hydroxyl groups excluding tert-OH is 1. The second kappa shape index (κ2) is 75.9. The van der Waals surface area contributed by atoms with Gasteiger partial charge in [0, 0.05) is 25.7 Å². The Morgan fingerprint density at radius 1 is 0.265 bits per heavy atom. The Morgan fingerprint density at radius 3 is 0.667 bits per heavy atom. The van der Waals surface area contributed by atoms with Gasteiger partial charge in [-0.1, -0.05) is 394 Å². The van der Waals surface area contributed by atoms with Crippen molar-refractivity contribution in [3.8, 4) is 0 Å². The molecule has 0 radical (unpaired) electrons. The summed E-state index contributed by atoms with van der Waals surface area (Å²) in [4.78, 5) is 73.2. The first kappa shape index (κ1) is 100. The van der Waals surface area contributed by atoms with Crippen molar-refractivity contribution in [2.24, 2.45) is 5.92 Å². The molecule has 19 heteroatoms. The number of ether oxygens (including phenoxy) is 4. The summed E-state index contributed by atoms with van der Waals surface area (Å²) < 4.78 is 68.8. The molecule has 0 saturated heterocycles. The van der Waals surface area contributed by atoms with Crippen LogP contribution in [0.4, 0.5) is 0 Å². The average molecular weight is 1490 g/mol. The fraction of sp³-hybridized carbons (Fsp3) is 0.952. The normalized spacial score (nSPS) is 13.8. The minimum atomic E-state index is -4.96. The molecule has 0 bridgehead atoms. The zero-order chi connectivity index (χ0) is 74.8. The lowest BCUT2D eigenvalue weighted by atomic mass is 10.0. The molecule has 2 unspecified atom stereocenters. The fourth-order valence-electron chi connectivity index (χ4n) is 12.9. The number of hydrogen-bond donors (Lipinski definition) is 3. The quantitative estimate of drug-likeness (QED) is 0.0222. The maximum absolute atomic E-state index is 13.1. The van der Waals surface area contributed by atoms with Gasteiger partial charge < -0.3 is 33.8 Å². The van der Waals surface area contributed by atoms with Crippen molar-refractivity contribution in [2.75, 3.05) is 39.6 Å². The van der Waals surface area contributed by atoms with Crippen molar-refractivity contribution in [2.45, 2.75) is 464 Å². The van der Waals surface area contributed by atoms with Crippen LogP contribution >= 0.6 is 15.6 Å². The second-order valence-corrected chi connectivity index (χ2v) is 33.3. The van der Waals surface area contributed by atoms with Gasteiger partial charge in [0.25, 0.3) is 0 Å². The van der Waals surface area contributed by atoms with Crippen LogP contribution in [0.25, 0.3) is 0 Å². The molecule has 3 N–H and O–H groups in total. The van der Waals surface area contributed by atoms with Crippen LogP contribution in [0.1, 0.15) is 446 Å². The van der Waals surface area contributed by atoms with E-state index in [2.05, 4.69) is 34.6 Å². The molecule has 0 spiro atoms. The van der Waals surface area contributed by atoms with Gasteiger partial charge in [-0.05, 0) is 31.6 Å². The van der Waals surface area contributed by atoms with Crippen LogP contribution in [0.15, 0.2) is 0 Å². The van der Waals surface area contributed by atoms with E-state index in [1.165, 1.54) is 270 Å². The molecule has 0 aromatic heterocycles. The highest BCUT2D eigenvalue weighted by molar-refractivity contribution is 7.47. The molecule has 102 heavy (non-hydrogen) atoms. The predicted molar refractivity (Wildman–Crippen MR) is 418 cm³/mol. The average Bonchev–Trinajstić information content (AvgIpc) is 0.913. The number of phosphoric acid groups is 2. The molecule has 0 amide bonds. The number of phosphoric ester groups is 2. The summed E-state index contributed by atoms with van der Waals surface area (Å²) in [5.41, 5.74) is 0. The molecule has 606 valence electrons. The first-order valence-corrected chi connectivity index (χ1v) is 46.1. The largest absolute Gasteiger partial charge is 0.472 e. The van der Waals surface area contributed by atoms with Crippen molar-refractivity contribution < 1.29 is 80.2 Å². The molecule has 0 fully saturated rings. The van der Waals surface area contributed by atoms with Crippen LogP contribution in [0.5, 0.6) is 0 Å². The highest BCUT2D eigenvalue weighted by Gasteiger charge is 2.30. The van der Waals surface area contributed by atoms with Crippen molar-refractivity contribution in [3.05, 3.63) is 0 Å². The van der Waals surface area contributed by atoms with E-state index in [1.807, 2.05) is 0 Å². The molecule has 17 nitrogen and oxygen atoms in total. The maximum atomic E-state index is 13.1. The molecule has 5 atom stereocenters. The van der Waals surface area contributed by atoms with Crippen molar-refractivity contribution >= 4 is 39.5 Å². The second-order valence-electron chi connectivity index (χ2n) is 30.3. The van der Waals surface area contributed by atoms with Crippen LogP contribution in [-0.2, 0) is 65.4 Å². The third-order valence-corrected chi connectivity index (χ3v) is 21.4. The maximum Gasteiger partial charge on any atom is 0.472 e. The van der Waals surface area contributed by atoms with Gasteiger partial charge in [-0.2, -0.15) is 0 Å². The van der Waals surface area contributed by atoms with E-state index in [4.69, 9.17) is 37.0 Å². The number of esters is 4. The van der Waals surface area contributed by atoms with Crippen LogP contribution in [0, 0.1) is 5.92 Å². The molecular weight excluding hydrogens is 1330 g/mol. The Hall–Kier alpha value is -1.94. The first-order chi connectivity index (χ1) is 49.5. The zero-order valence-electron chi connectivity index (χ0n) is 66.8. The lowest BCUT2D eigenvalue weighted by Crippen LogP contribution is -2.30. The first-order valence-electron chi connectivity index (χ1n) is 43.1. The van der Waals surface area contributed by atoms with E-state index in [0.29, 0.717) is 25.7 Å². The van der Waals surface area contributed by atoms with Crippen molar-refractivity contribution in [3.63, 3.8) is 0 Å². The van der Waals surface area contributed by atoms with E-state index in [1.54, 1.807) is 0 Å². The van der Waals surface area contributed by atoms with Gasteiger partial charge >= 0.3 is 39.5 Å². The van der Waals surface area contributed by atoms with E-state index in [0.717, 1.165) is 95.8 Å². The van der Waals surface area contributed by atoms with Gasteiger partial charge in [0.2, 0.25) is 0 Å². The van der Waals surface area contributed by atoms with Gasteiger partial charge in [0.05, 0.1) is 26.4 Å². The summed E-state index contributed by atoms with van der Waals surface area (Å²) in [5.74, 6) is -1.32. The summed E-state index contributed by atoms with van der Waals surface area (Å²) in [5, 5.41) is 10.7. The number of carbonyl (C=O) groups is 4. The molecule has 0 aromatic rings. The van der Waals surface area contributed by atoms with E-state index < -0.39 is 97.5 Å². The van der Waals surface area contributed by atoms with Crippen LogP contribution in [-0.4, -0.2) is 96.7 Å². The third-order valence-electron chi connectivity index (χ3n) is 19.5. The summed E-state index contributed by atoms with van der Waals surface area (Å²) in [6.45, 7) is 7.37. The van der Waals surface area contributed by atoms with Gasteiger partial charge in [0.15, 0.2) is 12.2 Å². The minimum Gasteiger partial charge on any atom is -0.462 e. The molecule has 0 aliphatic heterocycles. The predicted octanol–water partition coefficient (Wildman–Crippen LogP) is 25.2. The highest BCUT2D eigenvalue weighted by Crippen LogP contribution is 2.45. The summed E-state index contributed by atoms with van der Waals surface area (Å²) in [6, 6.07) is 0. The van der Waals surface area contributed by atoms with Crippen LogP contribution < -0.4 is 0 Å². The molecule has 0 saturated carbocycles. The molecule has 0 aromatic carbocycles. The number of rotatable bonds is 83. The molecule has 0 rings (SSSR count). The summed E-state index contributed by atoms with van der Waals surface area (Å²) in [6.07, 6.45) is 67.8. The lowest BCUT2D eigenvalue weighted by molar-refractivity contribution is -0.161. The van der Waals surface area contributed by atoms with Crippen molar-refractivity contribution in [1.82, 2.24) is 0 Å². The zero-order valence-corrected chi connectivity index (χ0v) is 68.5. The Bertz CT molecular complexity index is 1940. The van der Waals surface area contributed by atoms with Crippen LogP contribution in [0.2, 0.25) is 0 Å². The van der Waals surface area contributed by atoms with E-state index >= 15 is 0 Å². The smallest absolute Gasteiger partial charge is 0.462 e. The number of aliphatic hydroxyl groups is 1. The number of carbonyl (C=O) groups excluding carboxylic acids is 4. The molecule has 0 aliphatic rings. The third kappa shape index (κ3) is 76.3. The van der Waals surface area contributed by atoms with Gasteiger partial charge in [-0.25, -0.2) is 9.13 Å². The summed E-state index contributed by atoms with van der Waals surface area (Å²) >= 11 is 0. The monoisotopic (exact) mass is 1490 g/mol. The van der Waals surface area contributed by atoms with E-state index in [9.17, 15) is 43.2 Å². The summed E-state index contributed by atoms with van der Waals surface area (Å²) in [7, 11) is -9.92. The highest BCUT2D eigenvalue weighted by atomic mass is 31.2. The number of unbranched alkanes of at least 4 members (excludes halogenated alkanes) is 55. The lowest BCUT2D eigenvalue weighted by Gasteiger charge is -2.21. The Balaban J connectivity index is 5.27. The van der Waals surface area contributed by atoms with Crippen molar-refractivity contribution in [1.29, 1.82) is 0 Å². The fourth-order valence-corrected chi connectivity index (χ4v) is 14.5. The van der Waals surface area contributed by atoms with Gasteiger partial charge in [0.1, 0.15) is 19.3 Å². The van der Waals surface area contributed by atoms with Gasteiger partial charge in [-0.3, -0.25) is 37.3 Å². The Kier molecular flexibility index (Phi) is 74.4. The minimum absolute atomic E-state index is 0.108. The van der Waals surface area contributed by atoms with E-state index in [-0.39, 0.29) is 25.7 Å². The SMILES string of the molecule is CCCCCCCCCCCCCCCCCCCCC(=O)O[C@H](COC(=O)CCCCCCCCCCCCCCCCCC)COP(=O)(O)OC[C@@H](O)COP(=O)(O)OC[C@@H](COC(=O)CCCCCCCCCCCCCCC)OC(=O)CCCCCCCCCCCCCCC(C)C. The van der Waals surface area contributed by atoms with Crippen LogP contribution in [0.3, 0.4) is 0 Å². The van der Waals surface area contributed by atoms with Gasteiger partial charge in [-0.15, -0.1) is 0 Å². The molecule has 0 aliphatic carbocycles. The topological polar surface area (TPSA) is 237 Å². The Labute approximate surface area is 626 Å². The molecule has 0 heterocycles. The molecular formula is C83H162O17P2.